The molecule has 1 fully saturated rings. The highest BCUT2D eigenvalue weighted by Gasteiger charge is 2.48. The second-order valence-corrected chi connectivity index (χ2v) is 8.09. The summed E-state index contributed by atoms with van der Waals surface area (Å²) in [5.74, 6) is 0.512. The summed E-state index contributed by atoms with van der Waals surface area (Å²) in [6, 6.07) is 5.32. The van der Waals surface area contributed by atoms with Gasteiger partial charge in [0, 0.05) is 22.7 Å². The van der Waals surface area contributed by atoms with Crippen LogP contribution in [0.25, 0.3) is 10.9 Å². The molecule has 3 rings (SSSR count). The molecule has 1 N–H and O–H groups in total. The summed E-state index contributed by atoms with van der Waals surface area (Å²) in [7, 11) is 1.54. The van der Waals surface area contributed by atoms with Crippen LogP contribution in [0.5, 0.6) is 5.75 Å². The Balaban J connectivity index is 1.92. The van der Waals surface area contributed by atoms with Crippen LogP contribution in [-0.4, -0.2) is 46.9 Å². The first-order valence-electron chi connectivity index (χ1n) is 8.38. The predicted octanol–water partition coefficient (Wildman–Crippen LogP) is 3.64. The average Bonchev–Trinajstić information content (AvgIpc) is 2.48. The number of hydrogen-bond acceptors (Lipinski definition) is 5. The van der Waals surface area contributed by atoms with Gasteiger partial charge in [-0.3, -0.25) is 4.98 Å². The number of likely N-dealkylation sites (tertiary alicyclic amines) is 1. The molecule has 1 aliphatic rings. The van der Waals surface area contributed by atoms with E-state index >= 15 is 0 Å². The van der Waals surface area contributed by atoms with E-state index in [1.54, 1.807) is 39.0 Å². The molecule has 140 valence electrons. The third-order valence-electron chi connectivity index (χ3n) is 4.27. The Kier molecular flexibility index (Phi) is 4.53. The van der Waals surface area contributed by atoms with Gasteiger partial charge in [0.05, 0.1) is 30.7 Å². The van der Waals surface area contributed by atoms with Gasteiger partial charge in [0.1, 0.15) is 17.0 Å². The van der Waals surface area contributed by atoms with Crippen molar-refractivity contribution in [1.82, 2.24) is 9.88 Å². The monoisotopic (exact) mass is 378 g/mol. The largest absolute Gasteiger partial charge is 0.496 e. The van der Waals surface area contributed by atoms with E-state index in [0.29, 0.717) is 21.9 Å². The lowest BCUT2D eigenvalue weighted by Crippen LogP contribution is -2.62. The highest BCUT2D eigenvalue weighted by molar-refractivity contribution is 6.35. The third kappa shape index (κ3) is 3.44. The molecular weight excluding hydrogens is 356 g/mol. The van der Waals surface area contributed by atoms with Crippen LogP contribution in [0.1, 0.15) is 32.0 Å². The van der Waals surface area contributed by atoms with Crippen LogP contribution in [0, 0.1) is 6.92 Å². The normalized spacial score (nSPS) is 16.3. The summed E-state index contributed by atoms with van der Waals surface area (Å²) >= 11 is 6.35. The number of rotatable bonds is 2. The summed E-state index contributed by atoms with van der Waals surface area (Å²) < 4.78 is 10.8. The molecule has 0 unspecified atom stereocenters. The number of aromatic nitrogens is 1. The van der Waals surface area contributed by atoms with Crippen LogP contribution in [0.2, 0.25) is 5.02 Å². The van der Waals surface area contributed by atoms with Crippen molar-refractivity contribution >= 4 is 28.6 Å². The summed E-state index contributed by atoms with van der Waals surface area (Å²) in [5.41, 5.74) is 0.283. The summed E-state index contributed by atoms with van der Waals surface area (Å²) in [6.07, 6.45) is -0.447. The molecule has 0 aliphatic carbocycles. The lowest BCUT2D eigenvalue weighted by molar-refractivity contribution is -0.104. The number of carbonyl (C=O) groups is 1. The molecule has 6 nitrogen and oxygen atoms in total. The summed E-state index contributed by atoms with van der Waals surface area (Å²) in [6.45, 7) is 7.53. The standard InChI is InChI=1S/C19H23ClN2O4/c1-11-6-14(20)12-7-13(16(25-5)8-15(12)21-11)19(24)9-22(10-19)17(23)26-18(2,3)4/h6-8,24H,9-10H2,1-5H3. The quantitative estimate of drug-likeness (QED) is 0.863. The fraction of sp³-hybridized carbons (Fsp3) is 0.474. The molecule has 1 aromatic carbocycles. The van der Waals surface area contributed by atoms with Crippen LogP contribution in [-0.2, 0) is 10.3 Å². The number of methoxy groups -OCH3 is 1. The second-order valence-electron chi connectivity index (χ2n) is 7.68. The Labute approximate surface area is 157 Å². The third-order valence-corrected chi connectivity index (χ3v) is 4.58. The smallest absolute Gasteiger partial charge is 0.410 e. The predicted molar refractivity (Wildman–Crippen MR) is 99.7 cm³/mol. The highest BCUT2D eigenvalue weighted by atomic mass is 35.5. The van der Waals surface area contributed by atoms with E-state index in [1.807, 2.05) is 6.92 Å². The topological polar surface area (TPSA) is 71.9 Å². The molecule has 7 heteroatoms. The van der Waals surface area contributed by atoms with Crippen molar-refractivity contribution < 1.29 is 19.4 Å². The number of nitrogens with zero attached hydrogens (tertiary/aromatic N) is 2. The van der Waals surface area contributed by atoms with Gasteiger partial charge in [0.15, 0.2) is 0 Å². The van der Waals surface area contributed by atoms with E-state index < -0.39 is 17.3 Å². The molecule has 1 amide bonds. The second kappa shape index (κ2) is 6.28. The Bertz CT molecular complexity index is 870. The molecule has 1 aliphatic heterocycles. The lowest BCUT2D eigenvalue weighted by Gasteiger charge is -2.46. The number of aliphatic hydroxyl groups is 1. The average molecular weight is 379 g/mol. The molecular formula is C19H23ClN2O4. The molecule has 0 atom stereocenters. The van der Waals surface area contributed by atoms with E-state index in [-0.39, 0.29) is 13.1 Å². The first-order chi connectivity index (χ1) is 12.0. The molecule has 1 saturated heterocycles. The fourth-order valence-electron chi connectivity index (χ4n) is 3.08. The number of benzene rings is 1. The molecule has 0 spiro atoms. The van der Waals surface area contributed by atoms with Gasteiger partial charge >= 0.3 is 6.09 Å². The maximum absolute atomic E-state index is 12.1. The minimum Gasteiger partial charge on any atom is -0.496 e. The summed E-state index contributed by atoms with van der Waals surface area (Å²) in [4.78, 5) is 18.1. The van der Waals surface area contributed by atoms with Gasteiger partial charge in [-0.25, -0.2) is 4.79 Å². The fourth-order valence-corrected chi connectivity index (χ4v) is 3.39. The van der Waals surface area contributed by atoms with Gasteiger partial charge in [0.2, 0.25) is 0 Å². The molecule has 26 heavy (non-hydrogen) atoms. The number of pyridine rings is 1. The minimum absolute atomic E-state index is 0.126. The van der Waals surface area contributed by atoms with Crippen molar-refractivity contribution in [2.75, 3.05) is 20.2 Å². The number of aryl methyl sites for hydroxylation is 1. The maximum Gasteiger partial charge on any atom is 0.410 e. The van der Waals surface area contributed by atoms with E-state index in [1.165, 1.54) is 12.0 Å². The Morgan fingerprint density at radius 3 is 2.54 bits per heavy atom. The zero-order valence-electron chi connectivity index (χ0n) is 15.6. The number of carbonyl (C=O) groups excluding carboxylic acids is 1. The number of amides is 1. The molecule has 2 heterocycles. The summed E-state index contributed by atoms with van der Waals surface area (Å²) in [5, 5.41) is 12.3. The van der Waals surface area contributed by atoms with Crippen LogP contribution in [0.3, 0.4) is 0 Å². The van der Waals surface area contributed by atoms with Crippen LogP contribution in [0.4, 0.5) is 4.79 Å². The number of β-amino-alcohol motifs (C(OH)–C–C–N with tert-alkyl or cyclic N) is 1. The molecule has 1 aromatic heterocycles. The zero-order valence-corrected chi connectivity index (χ0v) is 16.3. The van der Waals surface area contributed by atoms with Crippen LogP contribution < -0.4 is 4.74 Å². The SMILES string of the molecule is COc1cc2nc(C)cc(Cl)c2cc1C1(O)CN(C(=O)OC(C)(C)C)C1. The van der Waals surface area contributed by atoms with E-state index in [0.717, 1.165) is 11.1 Å². The number of halogens is 1. The van der Waals surface area contributed by atoms with Crippen molar-refractivity contribution in [3.05, 3.63) is 34.5 Å². The lowest BCUT2D eigenvalue weighted by atomic mass is 9.85. The van der Waals surface area contributed by atoms with Gasteiger partial charge < -0.3 is 19.5 Å². The number of fused-ring (bicyclic) bond motifs is 1. The molecule has 2 aromatic rings. The van der Waals surface area contributed by atoms with Gasteiger partial charge in [0.25, 0.3) is 0 Å². The van der Waals surface area contributed by atoms with Gasteiger partial charge in [-0.1, -0.05) is 11.6 Å². The van der Waals surface area contributed by atoms with Crippen LogP contribution in [0.15, 0.2) is 18.2 Å². The minimum atomic E-state index is -1.22. The first kappa shape index (κ1) is 18.7. The zero-order chi connectivity index (χ0) is 19.3. The van der Waals surface area contributed by atoms with Crippen molar-refractivity contribution in [2.24, 2.45) is 0 Å². The maximum atomic E-state index is 12.1. The van der Waals surface area contributed by atoms with Crippen molar-refractivity contribution in [3.8, 4) is 5.75 Å². The molecule has 0 saturated carbocycles. The molecule has 0 bridgehead atoms. The number of hydrogen-bond donors (Lipinski definition) is 1. The highest BCUT2D eigenvalue weighted by Crippen LogP contribution is 2.41. The van der Waals surface area contributed by atoms with E-state index in [9.17, 15) is 9.90 Å². The van der Waals surface area contributed by atoms with Gasteiger partial charge in [-0.15, -0.1) is 0 Å². The first-order valence-corrected chi connectivity index (χ1v) is 8.76. The Morgan fingerprint density at radius 2 is 1.96 bits per heavy atom. The van der Waals surface area contributed by atoms with E-state index in [4.69, 9.17) is 21.1 Å². The van der Waals surface area contributed by atoms with E-state index in [2.05, 4.69) is 4.98 Å². The van der Waals surface area contributed by atoms with Crippen LogP contribution >= 0.6 is 11.6 Å². The number of ether oxygens (including phenoxy) is 2. The van der Waals surface area contributed by atoms with Gasteiger partial charge in [-0.05, 0) is 39.8 Å². The Morgan fingerprint density at radius 1 is 1.31 bits per heavy atom. The van der Waals surface area contributed by atoms with Crippen molar-refractivity contribution in [2.45, 2.75) is 38.9 Å². The van der Waals surface area contributed by atoms with Gasteiger partial charge in [-0.2, -0.15) is 0 Å². The van der Waals surface area contributed by atoms with Crippen molar-refractivity contribution in [1.29, 1.82) is 0 Å². The van der Waals surface area contributed by atoms with Crippen molar-refractivity contribution in [3.63, 3.8) is 0 Å². The molecule has 0 radical (unpaired) electrons. The Hall–Kier alpha value is -2.05.